The fourth-order valence-corrected chi connectivity index (χ4v) is 4.18. The van der Waals surface area contributed by atoms with Crippen LogP contribution < -0.4 is 20.7 Å². The molecular weight excluding hydrogens is 418 g/mol. The van der Waals surface area contributed by atoms with Crippen molar-refractivity contribution in [1.29, 1.82) is 0 Å². The van der Waals surface area contributed by atoms with E-state index in [1.165, 1.54) is 0 Å². The zero-order valence-corrected chi connectivity index (χ0v) is 18.9. The molecule has 0 saturated heterocycles. The Kier molecular flexibility index (Phi) is 6.92. The molecule has 4 rings (SSSR count). The predicted molar refractivity (Wildman–Crippen MR) is 127 cm³/mol. The number of nitrogens with one attached hydrogen (secondary N) is 4. The largest absolute Gasteiger partial charge is 0.496 e. The third kappa shape index (κ3) is 5.00. The molecule has 33 heavy (non-hydrogen) atoms. The number of aromatic nitrogens is 2. The number of H-pyrrole nitrogens is 1. The Hall–Kier alpha value is -3.81. The van der Waals surface area contributed by atoms with Gasteiger partial charge < -0.3 is 20.7 Å². The van der Waals surface area contributed by atoms with E-state index < -0.39 is 0 Å². The minimum Gasteiger partial charge on any atom is -0.496 e. The molecule has 0 radical (unpaired) electrons. The zero-order valence-electron chi connectivity index (χ0n) is 18.9. The third-order valence-corrected chi connectivity index (χ3v) is 5.97. The topological polar surface area (TPSA) is 108 Å². The van der Waals surface area contributed by atoms with Crippen LogP contribution in [-0.4, -0.2) is 42.2 Å². The number of ether oxygens (including phenoxy) is 1. The lowest BCUT2D eigenvalue weighted by Gasteiger charge is -2.13. The van der Waals surface area contributed by atoms with Crippen molar-refractivity contribution in [3.63, 3.8) is 0 Å². The summed E-state index contributed by atoms with van der Waals surface area (Å²) in [5.74, 6) is 0.736. The van der Waals surface area contributed by atoms with Crippen molar-refractivity contribution in [2.75, 3.05) is 19.5 Å². The summed E-state index contributed by atoms with van der Waals surface area (Å²) in [5, 5.41) is 16.3. The Bertz CT molecular complexity index is 1120. The van der Waals surface area contributed by atoms with Gasteiger partial charge >= 0.3 is 0 Å². The van der Waals surface area contributed by atoms with Crippen molar-refractivity contribution >= 4 is 17.6 Å². The van der Waals surface area contributed by atoms with Gasteiger partial charge in [-0.3, -0.25) is 14.7 Å². The highest BCUT2D eigenvalue weighted by molar-refractivity contribution is 6.04. The van der Waals surface area contributed by atoms with Crippen LogP contribution in [0.5, 0.6) is 5.75 Å². The summed E-state index contributed by atoms with van der Waals surface area (Å²) in [6.07, 6.45) is 4.33. The highest BCUT2D eigenvalue weighted by atomic mass is 16.5. The van der Waals surface area contributed by atoms with Crippen LogP contribution in [-0.2, 0) is 6.54 Å². The van der Waals surface area contributed by atoms with Gasteiger partial charge in [0.25, 0.3) is 11.8 Å². The van der Waals surface area contributed by atoms with Crippen LogP contribution in [0.1, 0.15) is 52.0 Å². The Morgan fingerprint density at radius 3 is 2.48 bits per heavy atom. The second-order valence-corrected chi connectivity index (χ2v) is 8.11. The second kappa shape index (κ2) is 10.2. The van der Waals surface area contributed by atoms with Crippen molar-refractivity contribution in [2.24, 2.45) is 0 Å². The average Bonchev–Trinajstić information content (AvgIpc) is 3.52. The molecule has 0 bridgehead atoms. The summed E-state index contributed by atoms with van der Waals surface area (Å²) >= 11 is 0. The first-order chi connectivity index (χ1) is 16.1. The standard InChI is InChI=1S/C25H29N5O3/c1-26-23-21(25(32)28-18-7-3-4-8-18)22(29-30-23)17-13-11-16(12-14-17)15-27-24(31)19-9-5-6-10-20(19)33-2/h5-6,9-14,18H,3-4,7-8,15H2,1-2H3,(H,27,31)(H,28,32)(H2,26,29,30). The smallest absolute Gasteiger partial charge is 0.257 e. The summed E-state index contributed by atoms with van der Waals surface area (Å²) in [5.41, 5.74) is 3.46. The lowest BCUT2D eigenvalue weighted by atomic mass is 10.0. The average molecular weight is 448 g/mol. The van der Waals surface area contributed by atoms with E-state index in [9.17, 15) is 9.59 Å². The first-order valence-corrected chi connectivity index (χ1v) is 11.2. The van der Waals surface area contributed by atoms with Gasteiger partial charge in [-0.25, -0.2) is 0 Å². The van der Waals surface area contributed by atoms with Gasteiger partial charge in [0.15, 0.2) is 5.82 Å². The van der Waals surface area contributed by atoms with E-state index in [1.807, 2.05) is 30.3 Å². The van der Waals surface area contributed by atoms with Crippen LogP contribution >= 0.6 is 0 Å². The van der Waals surface area contributed by atoms with E-state index in [2.05, 4.69) is 26.1 Å². The number of carbonyl (C=O) groups is 2. The van der Waals surface area contributed by atoms with E-state index >= 15 is 0 Å². The minimum atomic E-state index is -0.199. The molecule has 2 aromatic carbocycles. The van der Waals surface area contributed by atoms with E-state index in [1.54, 1.807) is 32.4 Å². The van der Waals surface area contributed by atoms with Crippen molar-refractivity contribution < 1.29 is 14.3 Å². The maximum atomic E-state index is 13.0. The molecule has 0 unspecified atom stereocenters. The van der Waals surface area contributed by atoms with Gasteiger partial charge in [-0.1, -0.05) is 49.2 Å². The molecular formula is C25H29N5O3. The molecule has 2 amide bonds. The SMILES string of the molecule is CNc1n[nH]c(-c2ccc(CNC(=O)c3ccccc3OC)cc2)c1C(=O)NC1CCCC1. The Morgan fingerprint density at radius 1 is 1.06 bits per heavy atom. The van der Waals surface area contributed by atoms with Crippen molar-refractivity contribution in [2.45, 2.75) is 38.3 Å². The Morgan fingerprint density at radius 2 is 1.79 bits per heavy atom. The van der Waals surface area contributed by atoms with E-state index in [0.717, 1.165) is 36.8 Å². The molecule has 8 heteroatoms. The zero-order chi connectivity index (χ0) is 23.2. The number of para-hydroxylation sites is 1. The fourth-order valence-electron chi connectivity index (χ4n) is 4.18. The number of anilines is 1. The summed E-state index contributed by atoms with van der Waals surface area (Å²) in [6.45, 7) is 0.372. The van der Waals surface area contributed by atoms with Crippen LogP contribution in [0.25, 0.3) is 11.3 Å². The molecule has 1 aliphatic carbocycles. The van der Waals surface area contributed by atoms with Crippen molar-refractivity contribution in [3.05, 3.63) is 65.2 Å². The first kappa shape index (κ1) is 22.4. The van der Waals surface area contributed by atoms with Gasteiger partial charge in [0.05, 0.1) is 18.4 Å². The van der Waals surface area contributed by atoms with Crippen LogP contribution in [0.4, 0.5) is 5.82 Å². The molecule has 3 aromatic rings. The van der Waals surface area contributed by atoms with E-state index in [4.69, 9.17) is 4.74 Å². The third-order valence-electron chi connectivity index (χ3n) is 5.97. The molecule has 1 fully saturated rings. The van der Waals surface area contributed by atoms with Crippen LogP contribution in [0.2, 0.25) is 0 Å². The van der Waals surface area contributed by atoms with Gasteiger partial charge in [0.2, 0.25) is 0 Å². The van der Waals surface area contributed by atoms with Gasteiger partial charge in [0.1, 0.15) is 11.3 Å². The molecule has 0 atom stereocenters. The summed E-state index contributed by atoms with van der Waals surface area (Å²) in [7, 11) is 3.29. The van der Waals surface area contributed by atoms with Crippen molar-refractivity contribution in [3.8, 4) is 17.0 Å². The lowest BCUT2D eigenvalue weighted by molar-refractivity contribution is 0.0934. The maximum absolute atomic E-state index is 13.0. The molecule has 0 aliphatic heterocycles. The number of carbonyl (C=O) groups excluding carboxylic acids is 2. The van der Waals surface area contributed by atoms with Gasteiger partial charge in [-0.05, 0) is 30.5 Å². The molecule has 1 aliphatic rings. The van der Waals surface area contributed by atoms with Gasteiger partial charge in [0, 0.05) is 25.2 Å². The quantitative estimate of drug-likeness (QED) is 0.421. The first-order valence-electron chi connectivity index (χ1n) is 11.2. The molecule has 4 N–H and O–H groups in total. The second-order valence-electron chi connectivity index (χ2n) is 8.11. The Labute approximate surface area is 193 Å². The number of benzene rings is 2. The van der Waals surface area contributed by atoms with Crippen LogP contribution in [0.3, 0.4) is 0 Å². The summed E-state index contributed by atoms with van der Waals surface area (Å²) < 4.78 is 5.26. The monoisotopic (exact) mass is 447 g/mol. The molecule has 172 valence electrons. The van der Waals surface area contributed by atoms with Crippen molar-refractivity contribution in [1.82, 2.24) is 20.8 Å². The number of rotatable bonds is 8. The molecule has 0 spiro atoms. The highest BCUT2D eigenvalue weighted by Gasteiger charge is 2.24. The summed E-state index contributed by atoms with van der Waals surface area (Å²) in [4.78, 5) is 25.5. The number of aromatic amines is 1. The number of hydrogen-bond acceptors (Lipinski definition) is 5. The van der Waals surface area contributed by atoms with Crippen LogP contribution in [0.15, 0.2) is 48.5 Å². The number of methoxy groups -OCH3 is 1. The number of hydrogen-bond donors (Lipinski definition) is 4. The van der Waals surface area contributed by atoms with E-state index in [0.29, 0.717) is 34.9 Å². The molecule has 1 saturated carbocycles. The molecule has 1 heterocycles. The molecule has 1 aromatic heterocycles. The van der Waals surface area contributed by atoms with E-state index in [-0.39, 0.29) is 17.9 Å². The fraction of sp³-hybridized carbons (Fsp3) is 0.320. The summed E-state index contributed by atoms with van der Waals surface area (Å²) in [6, 6.07) is 15.0. The van der Waals surface area contributed by atoms with Crippen LogP contribution in [0, 0.1) is 0 Å². The van der Waals surface area contributed by atoms with Gasteiger partial charge in [-0.2, -0.15) is 5.10 Å². The van der Waals surface area contributed by atoms with Gasteiger partial charge in [-0.15, -0.1) is 0 Å². The Balaban J connectivity index is 1.46. The normalized spacial score (nSPS) is 13.5. The molecule has 8 nitrogen and oxygen atoms in total. The predicted octanol–water partition coefficient (Wildman–Crippen LogP) is 3.73. The highest BCUT2D eigenvalue weighted by Crippen LogP contribution is 2.28. The number of amides is 2. The lowest BCUT2D eigenvalue weighted by Crippen LogP contribution is -2.33. The maximum Gasteiger partial charge on any atom is 0.257 e. The number of nitrogens with zero attached hydrogens (tertiary/aromatic N) is 1. The minimum absolute atomic E-state index is 0.122.